The Morgan fingerprint density at radius 1 is 1.50 bits per heavy atom. The summed E-state index contributed by atoms with van der Waals surface area (Å²) in [6, 6.07) is -0.394. The fourth-order valence-corrected chi connectivity index (χ4v) is 1.82. The molecule has 1 heterocycles. The minimum atomic E-state index is -0.394. The molecule has 0 aromatic heterocycles. The van der Waals surface area contributed by atoms with Gasteiger partial charge in [0, 0.05) is 19.7 Å². The van der Waals surface area contributed by atoms with Crippen LogP contribution in [0.4, 0.5) is 0 Å². The first-order chi connectivity index (χ1) is 7.50. The average Bonchev–Trinajstić information content (AvgIpc) is 2.64. The quantitative estimate of drug-likeness (QED) is 0.763. The molecule has 0 aromatic rings. The summed E-state index contributed by atoms with van der Waals surface area (Å²) in [5.41, 5.74) is 5.57. The van der Waals surface area contributed by atoms with Gasteiger partial charge in [0.05, 0.1) is 12.1 Å². The number of hydrogen-bond donors (Lipinski definition) is 1. The van der Waals surface area contributed by atoms with Gasteiger partial charge in [0.25, 0.3) is 0 Å². The Hall–Kier alpha value is -0.610. The maximum absolute atomic E-state index is 11.6. The van der Waals surface area contributed by atoms with E-state index in [1.807, 2.05) is 4.90 Å². The van der Waals surface area contributed by atoms with Gasteiger partial charge in [-0.25, -0.2) is 0 Å². The van der Waals surface area contributed by atoms with Crippen molar-refractivity contribution < 1.29 is 9.53 Å². The summed E-state index contributed by atoms with van der Waals surface area (Å²) in [6.45, 7) is 8.39. The van der Waals surface area contributed by atoms with Crippen LogP contribution in [-0.4, -0.2) is 42.6 Å². The van der Waals surface area contributed by atoms with Gasteiger partial charge in [0.2, 0.25) is 5.91 Å². The first-order valence-electron chi connectivity index (χ1n) is 6.16. The summed E-state index contributed by atoms with van der Waals surface area (Å²) in [5, 5.41) is 0. The topological polar surface area (TPSA) is 55.6 Å². The van der Waals surface area contributed by atoms with Crippen molar-refractivity contribution in [2.75, 3.05) is 19.7 Å². The van der Waals surface area contributed by atoms with Gasteiger partial charge in [-0.2, -0.15) is 0 Å². The largest absolute Gasteiger partial charge is 0.376 e. The molecule has 0 radical (unpaired) electrons. The third kappa shape index (κ3) is 4.10. The molecule has 1 aliphatic rings. The summed E-state index contributed by atoms with van der Waals surface area (Å²) in [7, 11) is 0. The second-order valence-corrected chi connectivity index (χ2v) is 5.04. The molecule has 4 heteroatoms. The molecule has 1 fully saturated rings. The summed E-state index contributed by atoms with van der Waals surface area (Å²) in [4.78, 5) is 13.4. The standard InChI is InChI=1S/C12H24N2O2/c1-9(2)5-7-16-11-4-6-14(8-11)12(15)10(3)13/h9-11H,4-8,13H2,1-3H3/t10-,11?/m0/s1. The molecule has 1 saturated heterocycles. The normalized spacial score (nSPS) is 22.8. The molecule has 4 nitrogen and oxygen atoms in total. The first kappa shape index (κ1) is 13.5. The third-order valence-corrected chi connectivity index (χ3v) is 2.89. The average molecular weight is 228 g/mol. The molecule has 2 N–H and O–H groups in total. The Kier molecular flexibility index (Phi) is 5.22. The second kappa shape index (κ2) is 6.21. The van der Waals surface area contributed by atoms with E-state index in [0.717, 1.165) is 26.0 Å². The van der Waals surface area contributed by atoms with Crippen LogP contribution in [0.15, 0.2) is 0 Å². The van der Waals surface area contributed by atoms with E-state index >= 15 is 0 Å². The SMILES string of the molecule is CC(C)CCOC1CCN(C(=O)[C@H](C)N)C1. The molecule has 0 aromatic carbocycles. The summed E-state index contributed by atoms with van der Waals surface area (Å²) >= 11 is 0. The van der Waals surface area contributed by atoms with Crippen LogP contribution in [0.25, 0.3) is 0 Å². The molecule has 1 amide bonds. The molecule has 2 atom stereocenters. The van der Waals surface area contributed by atoms with Gasteiger partial charge in [0.15, 0.2) is 0 Å². The lowest BCUT2D eigenvalue weighted by molar-refractivity contribution is -0.131. The van der Waals surface area contributed by atoms with Crippen molar-refractivity contribution >= 4 is 5.91 Å². The van der Waals surface area contributed by atoms with Crippen molar-refractivity contribution in [1.29, 1.82) is 0 Å². The fraction of sp³-hybridized carbons (Fsp3) is 0.917. The molecule has 0 bridgehead atoms. The van der Waals surface area contributed by atoms with Crippen LogP contribution in [0.5, 0.6) is 0 Å². The second-order valence-electron chi connectivity index (χ2n) is 5.04. The van der Waals surface area contributed by atoms with E-state index in [4.69, 9.17) is 10.5 Å². The minimum absolute atomic E-state index is 0.0370. The van der Waals surface area contributed by atoms with Crippen molar-refractivity contribution in [3.63, 3.8) is 0 Å². The molecule has 0 spiro atoms. The monoisotopic (exact) mass is 228 g/mol. The summed E-state index contributed by atoms with van der Waals surface area (Å²) in [6.07, 6.45) is 2.23. The molecular formula is C12H24N2O2. The van der Waals surface area contributed by atoms with E-state index in [2.05, 4.69) is 13.8 Å². The molecule has 0 aliphatic carbocycles. The van der Waals surface area contributed by atoms with Gasteiger partial charge in [-0.3, -0.25) is 4.79 Å². The molecule has 16 heavy (non-hydrogen) atoms. The Morgan fingerprint density at radius 3 is 2.75 bits per heavy atom. The molecular weight excluding hydrogens is 204 g/mol. The zero-order valence-corrected chi connectivity index (χ0v) is 10.6. The van der Waals surface area contributed by atoms with Crippen LogP contribution in [0, 0.1) is 5.92 Å². The Balaban J connectivity index is 2.22. The molecule has 1 rings (SSSR count). The van der Waals surface area contributed by atoms with E-state index < -0.39 is 6.04 Å². The molecule has 94 valence electrons. The van der Waals surface area contributed by atoms with Crippen molar-refractivity contribution in [3.8, 4) is 0 Å². The number of hydrogen-bond acceptors (Lipinski definition) is 3. The minimum Gasteiger partial charge on any atom is -0.376 e. The van der Waals surface area contributed by atoms with Crippen LogP contribution in [-0.2, 0) is 9.53 Å². The number of carbonyl (C=O) groups excluding carboxylic acids is 1. The predicted molar refractivity (Wildman–Crippen MR) is 64.0 cm³/mol. The molecule has 1 unspecified atom stereocenters. The van der Waals surface area contributed by atoms with Crippen molar-refractivity contribution in [3.05, 3.63) is 0 Å². The van der Waals surface area contributed by atoms with E-state index in [9.17, 15) is 4.79 Å². The fourth-order valence-electron chi connectivity index (χ4n) is 1.82. The van der Waals surface area contributed by atoms with Gasteiger partial charge < -0.3 is 15.4 Å². The Morgan fingerprint density at radius 2 is 2.19 bits per heavy atom. The highest BCUT2D eigenvalue weighted by atomic mass is 16.5. The number of likely N-dealkylation sites (tertiary alicyclic amines) is 1. The number of carbonyl (C=O) groups is 1. The van der Waals surface area contributed by atoms with Gasteiger partial charge in [-0.05, 0) is 25.7 Å². The number of nitrogens with zero attached hydrogens (tertiary/aromatic N) is 1. The van der Waals surface area contributed by atoms with Crippen LogP contribution in [0.1, 0.15) is 33.6 Å². The summed E-state index contributed by atoms with van der Waals surface area (Å²) in [5.74, 6) is 0.707. The third-order valence-electron chi connectivity index (χ3n) is 2.89. The maximum atomic E-state index is 11.6. The van der Waals surface area contributed by atoms with Crippen molar-refractivity contribution in [1.82, 2.24) is 4.90 Å². The number of amides is 1. The zero-order chi connectivity index (χ0) is 12.1. The van der Waals surface area contributed by atoms with E-state index in [1.54, 1.807) is 6.92 Å². The molecule has 0 saturated carbocycles. The highest BCUT2D eigenvalue weighted by molar-refractivity contribution is 5.81. The van der Waals surface area contributed by atoms with E-state index in [1.165, 1.54) is 0 Å². The van der Waals surface area contributed by atoms with Crippen LogP contribution in [0.2, 0.25) is 0 Å². The lowest BCUT2D eigenvalue weighted by atomic mass is 10.1. The van der Waals surface area contributed by atoms with Gasteiger partial charge in [-0.1, -0.05) is 13.8 Å². The van der Waals surface area contributed by atoms with Crippen molar-refractivity contribution in [2.24, 2.45) is 11.7 Å². The highest BCUT2D eigenvalue weighted by Gasteiger charge is 2.27. The number of ether oxygens (including phenoxy) is 1. The van der Waals surface area contributed by atoms with E-state index in [0.29, 0.717) is 12.5 Å². The van der Waals surface area contributed by atoms with Gasteiger partial charge in [-0.15, -0.1) is 0 Å². The van der Waals surface area contributed by atoms with Crippen molar-refractivity contribution in [2.45, 2.75) is 45.8 Å². The smallest absolute Gasteiger partial charge is 0.239 e. The van der Waals surface area contributed by atoms with Gasteiger partial charge in [0.1, 0.15) is 0 Å². The summed E-state index contributed by atoms with van der Waals surface area (Å²) < 4.78 is 5.74. The van der Waals surface area contributed by atoms with Crippen LogP contribution < -0.4 is 5.73 Å². The Bertz CT molecular complexity index is 229. The van der Waals surface area contributed by atoms with Gasteiger partial charge >= 0.3 is 0 Å². The predicted octanol–water partition coefficient (Wildman–Crippen LogP) is 0.997. The zero-order valence-electron chi connectivity index (χ0n) is 10.6. The molecule has 1 aliphatic heterocycles. The lowest BCUT2D eigenvalue weighted by Crippen LogP contribution is -2.41. The first-order valence-corrected chi connectivity index (χ1v) is 6.16. The van der Waals surface area contributed by atoms with Crippen LogP contribution >= 0.6 is 0 Å². The number of rotatable bonds is 5. The lowest BCUT2D eigenvalue weighted by Gasteiger charge is -2.18. The van der Waals surface area contributed by atoms with E-state index in [-0.39, 0.29) is 12.0 Å². The number of nitrogens with two attached hydrogens (primary N) is 1. The maximum Gasteiger partial charge on any atom is 0.239 e. The Labute approximate surface area is 98.1 Å². The van der Waals surface area contributed by atoms with Crippen LogP contribution in [0.3, 0.4) is 0 Å². The highest BCUT2D eigenvalue weighted by Crippen LogP contribution is 2.14.